The zero-order valence-electron chi connectivity index (χ0n) is 24.3. The van der Waals surface area contributed by atoms with Gasteiger partial charge in [-0.3, -0.25) is 0 Å². The molecule has 0 radical (unpaired) electrons. The number of piperidine rings is 1. The predicted molar refractivity (Wildman–Crippen MR) is 159 cm³/mol. The van der Waals surface area contributed by atoms with E-state index in [9.17, 15) is 9.90 Å². The fraction of sp³-hybridized carbons (Fsp3) is 0.441. The molecule has 0 saturated carbocycles. The number of hydrogen-bond donors (Lipinski definition) is 1. The van der Waals surface area contributed by atoms with Gasteiger partial charge < -0.3 is 24.1 Å². The lowest BCUT2D eigenvalue weighted by Gasteiger charge is -2.43. The minimum absolute atomic E-state index is 0.0310. The number of carbonyl (C=O) groups is 1. The number of carbonyl (C=O) groups excluding carboxylic acids is 1. The van der Waals surface area contributed by atoms with Crippen molar-refractivity contribution in [1.82, 2.24) is 4.90 Å². The van der Waals surface area contributed by atoms with Gasteiger partial charge in [-0.25, -0.2) is 4.79 Å². The first kappa shape index (κ1) is 26.8. The molecule has 3 saturated heterocycles. The molecule has 6 nitrogen and oxygen atoms in total. The highest BCUT2D eigenvalue weighted by atomic mass is 16.7. The molecule has 3 aliphatic heterocycles. The van der Waals surface area contributed by atoms with Crippen LogP contribution >= 0.6 is 0 Å². The Morgan fingerprint density at radius 2 is 1.44 bits per heavy atom. The Kier molecular flexibility index (Phi) is 6.16. The highest BCUT2D eigenvalue weighted by Crippen LogP contribution is 2.47. The maximum Gasteiger partial charge on any atom is 0.494 e. The van der Waals surface area contributed by atoms with E-state index in [1.807, 2.05) is 69.0 Å². The fourth-order valence-electron chi connectivity index (χ4n) is 7.38. The van der Waals surface area contributed by atoms with E-state index in [1.165, 1.54) is 22.3 Å². The third-order valence-corrected chi connectivity index (χ3v) is 10.3. The summed E-state index contributed by atoms with van der Waals surface area (Å²) >= 11 is 0. The first-order valence-corrected chi connectivity index (χ1v) is 14.9. The zero-order valence-corrected chi connectivity index (χ0v) is 24.3. The lowest BCUT2D eigenvalue weighted by Crippen LogP contribution is -2.52. The highest BCUT2D eigenvalue weighted by Gasteiger charge is 2.53. The molecule has 7 heteroatoms. The number of aliphatic hydroxyl groups is 1. The molecule has 3 fully saturated rings. The average Bonchev–Trinajstić information content (AvgIpc) is 3.51. The van der Waals surface area contributed by atoms with E-state index in [-0.39, 0.29) is 24.1 Å². The normalized spacial score (nSPS) is 27.5. The van der Waals surface area contributed by atoms with Crippen molar-refractivity contribution in [2.24, 2.45) is 0 Å². The second-order valence-corrected chi connectivity index (χ2v) is 13.2. The monoisotopic (exact) mass is 551 g/mol. The maximum absolute atomic E-state index is 13.5. The lowest BCUT2D eigenvalue weighted by atomic mass is 9.74. The first-order chi connectivity index (χ1) is 19.6. The van der Waals surface area contributed by atoms with E-state index in [0.717, 1.165) is 23.9 Å². The maximum atomic E-state index is 13.5. The second-order valence-electron chi connectivity index (χ2n) is 13.2. The first-order valence-electron chi connectivity index (χ1n) is 14.9. The van der Waals surface area contributed by atoms with Crippen LogP contribution in [-0.2, 0) is 19.6 Å². The van der Waals surface area contributed by atoms with Crippen LogP contribution in [-0.4, -0.2) is 53.1 Å². The molecule has 1 aliphatic carbocycles. The van der Waals surface area contributed by atoms with Crippen LogP contribution in [0.1, 0.15) is 76.0 Å². The Hall–Kier alpha value is -3.13. The van der Waals surface area contributed by atoms with Crippen molar-refractivity contribution < 1.29 is 23.9 Å². The number of amides is 1. The van der Waals surface area contributed by atoms with Gasteiger partial charge in [0.2, 0.25) is 0 Å². The van der Waals surface area contributed by atoms with Crippen molar-refractivity contribution in [1.29, 1.82) is 0 Å². The van der Waals surface area contributed by atoms with Crippen molar-refractivity contribution in [3.05, 3.63) is 89.5 Å². The van der Waals surface area contributed by atoms with Crippen molar-refractivity contribution in [3.63, 3.8) is 0 Å². The summed E-state index contributed by atoms with van der Waals surface area (Å²) in [6, 6.07) is 24.6. The summed E-state index contributed by atoms with van der Waals surface area (Å²) in [7, 11) is -0.485. The van der Waals surface area contributed by atoms with E-state index in [2.05, 4.69) is 36.4 Å². The third kappa shape index (κ3) is 4.32. The van der Waals surface area contributed by atoms with Crippen molar-refractivity contribution >= 4 is 18.7 Å². The van der Waals surface area contributed by atoms with Crippen LogP contribution in [0.25, 0.3) is 11.1 Å². The molecule has 4 aliphatic rings. The van der Waals surface area contributed by atoms with E-state index in [0.29, 0.717) is 19.4 Å². The van der Waals surface area contributed by atoms with Crippen LogP contribution in [0.3, 0.4) is 0 Å². The minimum Gasteiger partial charge on any atom is -0.448 e. The van der Waals surface area contributed by atoms with Crippen LogP contribution in [0.15, 0.2) is 72.8 Å². The molecule has 7 rings (SSSR count). The molecular formula is C34H38BNO5. The number of fused-ring (bicyclic) bond motifs is 5. The van der Waals surface area contributed by atoms with Gasteiger partial charge in [-0.2, -0.15) is 0 Å². The predicted octanol–water partition coefficient (Wildman–Crippen LogP) is 5.75. The number of ether oxygens (including phenoxy) is 1. The third-order valence-electron chi connectivity index (χ3n) is 10.3. The van der Waals surface area contributed by atoms with Gasteiger partial charge in [0.15, 0.2) is 0 Å². The quantitative estimate of drug-likeness (QED) is 0.419. The van der Waals surface area contributed by atoms with Gasteiger partial charge in [-0.05, 0) is 73.8 Å². The molecular weight excluding hydrogens is 513 g/mol. The Morgan fingerprint density at radius 1 is 0.878 bits per heavy atom. The van der Waals surface area contributed by atoms with Crippen molar-refractivity contribution in [2.45, 2.75) is 88.2 Å². The number of hydrogen-bond acceptors (Lipinski definition) is 5. The largest absolute Gasteiger partial charge is 0.494 e. The molecule has 212 valence electrons. The van der Waals surface area contributed by atoms with Crippen LogP contribution in [0.4, 0.5) is 4.79 Å². The molecule has 2 atom stereocenters. The summed E-state index contributed by atoms with van der Waals surface area (Å²) in [5.41, 5.74) is 4.72. The van der Waals surface area contributed by atoms with Gasteiger partial charge >= 0.3 is 13.2 Å². The summed E-state index contributed by atoms with van der Waals surface area (Å²) in [5.74, 6) is 0.0310. The topological polar surface area (TPSA) is 68.2 Å². The zero-order chi connectivity index (χ0) is 28.6. The standard InChI is InChI=1S/C34H38BNO5/c1-32(2)33(3,4)41-35(40-32)23-11-9-10-22(18-23)34(38)19-24-16-17-25(20-34)36(24)31(37)39-21-30-28-14-7-5-12-26(28)27-13-6-8-15-29(27)30/h5-15,18,24-25,30,38H,16-17,19-21H2,1-4H3. The van der Waals surface area contributed by atoms with Gasteiger partial charge in [0.1, 0.15) is 6.61 Å². The minimum atomic E-state index is -1.02. The smallest absolute Gasteiger partial charge is 0.448 e. The lowest BCUT2D eigenvalue weighted by molar-refractivity contribution is -0.0530. The molecule has 3 aromatic rings. The van der Waals surface area contributed by atoms with Gasteiger partial charge in [-0.15, -0.1) is 0 Å². The Morgan fingerprint density at radius 3 is 2.02 bits per heavy atom. The molecule has 1 N–H and O–H groups in total. The summed E-state index contributed by atoms with van der Waals surface area (Å²) in [6.07, 6.45) is 2.44. The number of benzene rings is 3. The van der Waals surface area contributed by atoms with Crippen LogP contribution in [0, 0.1) is 0 Å². The Balaban J connectivity index is 1.06. The van der Waals surface area contributed by atoms with Crippen molar-refractivity contribution in [2.75, 3.05) is 6.61 Å². The number of rotatable bonds is 4. The summed E-state index contributed by atoms with van der Waals surface area (Å²) in [4.78, 5) is 15.4. The van der Waals surface area contributed by atoms with Gasteiger partial charge in [0.25, 0.3) is 0 Å². The van der Waals surface area contributed by atoms with E-state index >= 15 is 0 Å². The van der Waals surface area contributed by atoms with Gasteiger partial charge in [-0.1, -0.05) is 72.8 Å². The molecule has 0 spiro atoms. The van der Waals surface area contributed by atoms with Crippen LogP contribution in [0.5, 0.6) is 0 Å². The van der Waals surface area contributed by atoms with Crippen molar-refractivity contribution in [3.8, 4) is 11.1 Å². The molecule has 41 heavy (non-hydrogen) atoms. The summed E-state index contributed by atoms with van der Waals surface area (Å²) in [5, 5.41) is 12.0. The average molecular weight is 551 g/mol. The summed E-state index contributed by atoms with van der Waals surface area (Å²) < 4.78 is 18.6. The van der Waals surface area contributed by atoms with Gasteiger partial charge in [0, 0.05) is 30.8 Å². The molecule has 2 bridgehead atoms. The number of nitrogens with zero attached hydrogens (tertiary/aromatic N) is 1. The SMILES string of the molecule is CC1(C)OB(c2cccc(C3(O)CC4CCC(C3)N4C(=O)OCC3c4ccccc4-c4ccccc43)c2)OC1(C)C. The Bertz CT molecular complexity index is 1430. The summed E-state index contributed by atoms with van der Waals surface area (Å²) in [6.45, 7) is 8.48. The molecule has 3 aromatic carbocycles. The van der Waals surface area contributed by atoms with Gasteiger partial charge in [0.05, 0.1) is 16.8 Å². The molecule has 2 unspecified atom stereocenters. The molecule has 0 aromatic heterocycles. The van der Waals surface area contributed by atoms with Crippen LogP contribution < -0.4 is 5.46 Å². The van der Waals surface area contributed by atoms with E-state index in [4.69, 9.17) is 14.0 Å². The highest BCUT2D eigenvalue weighted by molar-refractivity contribution is 6.62. The van der Waals surface area contributed by atoms with E-state index in [1.54, 1.807) is 0 Å². The molecule has 3 heterocycles. The van der Waals surface area contributed by atoms with E-state index < -0.39 is 23.9 Å². The molecule has 1 amide bonds. The fourth-order valence-corrected chi connectivity index (χ4v) is 7.38. The van der Waals surface area contributed by atoms with Crippen LogP contribution in [0.2, 0.25) is 0 Å². The second kappa shape index (κ2) is 9.45. The Labute approximate surface area is 242 Å².